The number of carbonyl (C=O) groups is 1. The van der Waals surface area contributed by atoms with Gasteiger partial charge in [0.15, 0.2) is 0 Å². The van der Waals surface area contributed by atoms with E-state index in [-0.39, 0.29) is 11.7 Å². The maximum atomic E-state index is 11.3. The van der Waals surface area contributed by atoms with Crippen LogP contribution in [0.15, 0.2) is 12.3 Å². The molecule has 6 heteroatoms. The van der Waals surface area contributed by atoms with E-state index in [0.717, 1.165) is 6.54 Å². The van der Waals surface area contributed by atoms with Crippen LogP contribution >= 0.6 is 0 Å². The van der Waals surface area contributed by atoms with Gasteiger partial charge in [-0.25, -0.2) is 4.98 Å². The summed E-state index contributed by atoms with van der Waals surface area (Å²) in [5, 5.41) is 0. The van der Waals surface area contributed by atoms with Crippen LogP contribution in [-0.4, -0.2) is 35.7 Å². The Morgan fingerprint density at radius 2 is 2.26 bits per heavy atom. The molecule has 1 amide bonds. The Labute approximate surface area is 112 Å². The molecule has 1 aromatic rings. The first kappa shape index (κ1) is 13.6. The number of ether oxygens (including phenoxy) is 1. The van der Waals surface area contributed by atoms with Gasteiger partial charge in [0.05, 0.1) is 29.2 Å². The predicted molar refractivity (Wildman–Crippen MR) is 74.0 cm³/mol. The number of nitrogen functional groups attached to an aromatic ring is 1. The molecule has 0 saturated carbocycles. The lowest BCUT2D eigenvalue weighted by molar-refractivity contribution is -0.0751. The minimum absolute atomic E-state index is 0.0973. The van der Waals surface area contributed by atoms with Crippen LogP contribution in [0.25, 0.3) is 0 Å². The molecule has 0 bridgehead atoms. The van der Waals surface area contributed by atoms with E-state index in [2.05, 4.69) is 9.88 Å². The molecule has 4 N–H and O–H groups in total. The van der Waals surface area contributed by atoms with Crippen LogP contribution in [0.5, 0.6) is 0 Å². The highest BCUT2D eigenvalue weighted by molar-refractivity contribution is 5.98. The number of primary amides is 1. The molecule has 1 aliphatic heterocycles. The normalized spacial score (nSPS) is 22.3. The van der Waals surface area contributed by atoms with Gasteiger partial charge in [0.2, 0.25) is 0 Å². The molecule has 0 spiro atoms. The number of pyridine rings is 1. The first-order chi connectivity index (χ1) is 8.78. The van der Waals surface area contributed by atoms with Gasteiger partial charge in [-0.2, -0.15) is 0 Å². The molecule has 0 radical (unpaired) electrons. The van der Waals surface area contributed by atoms with Crippen molar-refractivity contribution in [2.24, 2.45) is 5.73 Å². The molecular weight excluding hydrogens is 244 g/mol. The molecule has 1 saturated heterocycles. The van der Waals surface area contributed by atoms with Gasteiger partial charge in [-0.05, 0) is 26.8 Å². The number of carbonyl (C=O) groups excluding carboxylic acids is 1. The van der Waals surface area contributed by atoms with Crippen molar-refractivity contribution in [3.05, 3.63) is 17.8 Å². The van der Waals surface area contributed by atoms with Crippen molar-refractivity contribution in [3.63, 3.8) is 0 Å². The molecular formula is C13H20N4O2. The van der Waals surface area contributed by atoms with Gasteiger partial charge < -0.3 is 21.1 Å². The number of nitrogens with zero attached hydrogens (tertiary/aromatic N) is 2. The highest BCUT2D eigenvalue weighted by Crippen LogP contribution is 2.26. The number of aromatic nitrogens is 1. The molecule has 19 heavy (non-hydrogen) atoms. The van der Waals surface area contributed by atoms with Crippen molar-refractivity contribution in [3.8, 4) is 0 Å². The maximum absolute atomic E-state index is 11.3. The van der Waals surface area contributed by atoms with Crippen LogP contribution in [0.2, 0.25) is 0 Å². The fourth-order valence-electron chi connectivity index (χ4n) is 2.47. The Kier molecular flexibility index (Phi) is 3.36. The number of morpholine rings is 1. The zero-order valence-electron chi connectivity index (χ0n) is 11.5. The average Bonchev–Trinajstić information content (AvgIpc) is 2.26. The summed E-state index contributed by atoms with van der Waals surface area (Å²) < 4.78 is 5.84. The monoisotopic (exact) mass is 264 g/mol. The second-order valence-electron chi connectivity index (χ2n) is 5.56. The number of hydrogen-bond acceptors (Lipinski definition) is 5. The van der Waals surface area contributed by atoms with Crippen LogP contribution in [0.1, 0.15) is 31.1 Å². The Bertz CT molecular complexity index is 501. The lowest BCUT2D eigenvalue weighted by Crippen LogP contribution is -2.52. The zero-order valence-corrected chi connectivity index (χ0v) is 11.5. The number of rotatable bonds is 2. The van der Waals surface area contributed by atoms with E-state index >= 15 is 0 Å². The minimum atomic E-state index is -0.540. The molecule has 1 aliphatic rings. The van der Waals surface area contributed by atoms with Crippen molar-refractivity contribution >= 4 is 17.4 Å². The predicted octanol–water partition coefficient (Wildman–Crippen LogP) is 0.766. The second-order valence-corrected chi connectivity index (χ2v) is 5.56. The average molecular weight is 264 g/mol. The largest absolute Gasteiger partial charge is 0.397 e. The summed E-state index contributed by atoms with van der Waals surface area (Å²) in [5.41, 5.74) is 11.4. The van der Waals surface area contributed by atoms with Gasteiger partial charge in [-0.15, -0.1) is 0 Å². The van der Waals surface area contributed by atoms with E-state index < -0.39 is 5.91 Å². The van der Waals surface area contributed by atoms with E-state index in [9.17, 15) is 4.79 Å². The van der Waals surface area contributed by atoms with Crippen LogP contribution in [0.3, 0.4) is 0 Å². The fraction of sp³-hybridized carbons (Fsp3) is 0.538. The third-order valence-corrected chi connectivity index (χ3v) is 3.08. The Balaban J connectivity index is 2.31. The number of nitrogens with two attached hydrogens (primary N) is 2. The Morgan fingerprint density at radius 3 is 2.84 bits per heavy atom. The van der Waals surface area contributed by atoms with Crippen molar-refractivity contribution in [2.75, 3.05) is 23.7 Å². The van der Waals surface area contributed by atoms with E-state index in [0.29, 0.717) is 23.6 Å². The van der Waals surface area contributed by atoms with Gasteiger partial charge in [0.25, 0.3) is 5.91 Å². The highest BCUT2D eigenvalue weighted by atomic mass is 16.5. The third kappa shape index (κ3) is 2.96. The van der Waals surface area contributed by atoms with Crippen LogP contribution in [0.4, 0.5) is 11.5 Å². The van der Waals surface area contributed by atoms with Gasteiger partial charge >= 0.3 is 0 Å². The second kappa shape index (κ2) is 4.70. The van der Waals surface area contributed by atoms with Crippen molar-refractivity contribution in [1.29, 1.82) is 0 Å². The molecule has 2 rings (SSSR count). The number of hydrogen-bond donors (Lipinski definition) is 2. The first-order valence-electron chi connectivity index (χ1n) is 6.26. The molecule has 104 valence electrons. The van der Waals surface area contributed by atoms with E-state index in [1.165, 1.54) is 6.20 Å². The molecule has 0 aliphatic carbocycles. The Hall–Kier alpha value is -1.82. The maximum Gasteiger partial charge on any atom is 0.250 e. The third-order valence-electron chi connectivity index (χ3n) is 3.08. The quantitative estimate of drug-likeness (QED) is 0.822. The van der Waals surface area contributed by atoms with E-state index in [4.69, 9.17) is 16.2 Å². The summed E-state index contributed by atoms with van der Waals surface area (Å²) in [4.78, 5) is 17.7. The summed E-state index contributed by atoms with van der Waals surface area (Å²) >= 11 is 0. The molecule has 2 heterocycles. The minimum Gasteiger partial charge on any atom is -0.397 e. The van der Waals surface area contributed by atoms with Gasteiger partial charge in [0.1, 0.15) is 5.82 Å². The number of amides is 1. The van der Waals surface area contributed by atoms with E-state index in [1.807, 2.05) is 20.8 Å². The SMILES string of the molecule is CC1CN(c2cc(C(N)=O)c(N)cn2)CC(C)(C)O1. The molecule has 1 unspecified atom stereocenters. The molecule has 1 fully saturated rings. The summed E-state index contributed by atoms with van der Waals surface area (Å²) in [7, 11) is 0. The lowest BCUT2D eigenvalue weighted by atomic mass is 10.1. The molecule has 1 atom stereocenters. The molecule has 0 aromatic carbocycles. The molecule has 1 aromatic heterocycles. The topological polar surface area (TPSA) is 94.5 Å². The van der Waals surface area contributed by atoms with Crippen molar-refractivity contribution in [2.45, 2.75) is 32.5 Å². The summed E-state index contributed by atoms with van der Waals surface area (Å²) in [5.74, 6) is 0.160. The van der Waals surface area contributed by atoms with Crippen LogP contribution in [-0.2, 0) is 4.74 Å². The highest BCUT2D eigenvalue weighted by Gasteiger charge is 2.32. The zero-order chi connectivity index (χ0) is 14.2. The summed E-state index contributed by atoms with van der Waals surface area (Å²) in [6.07, 6.45) is 1.57. The Morgan fingerprint density at radius 1 is 1.58 bits per heavy atom. The lowest BCUT2D eigenvalue weighted by Gasteiger charge is -2.42. The van der Waals surface area contributed by atoms with Crippen LogP contribution < -0.4 is 16.4 Å². The van der Waals surface area contributed by atoms with Crippen LogP contribution in [0, 0.1) is 0 Å². The first-order valence-corrected chi connectivity index (χ1v) is 6.26. The fourth-order valence-corrected chi connectivity index (χ4v) is 2.47. The van der Waals surface area contributed by atoms with Crippen molar-refractivity contribution < 1.29 is 9.53 Å². The standard InChI is InChI=1S/C13H20N4O2/c1-8-6-17(7-13(2,3)19-8)11-4-9(12(15)18)10(14)5-16-11/h4-5,8H,6-7,14H2,1-3H3,(H2,15,18). The van der Waals surface area contributed by atoms with E-state index in [1.54, 1.807) is 6.07 Å². The summed E-state index contributed by atoms with van der Waals surface area (Å²) in [6, 6.07) is 1.64. The smallest absolute Gasteiger partial charge is 0.250 e. The van der Waals surface area contributed by atoms with Crippen molar-refractivity contribution in [1.82, 2.24) is 4.98 Å². The summed E-state index contributed by atoms with van der Waals surface area (Å²) in [6.45, 7) is 7.50. The van der Waals surface area contributed by atoms with Gasteiger partial charge in [-0.3, -0.25) is 4.79 Å². The van der Waals surface area contributed by atoms with Gasteiger partial charge in [-0.1, -0.05) is 0 Å². The van der Waals surface area contributed by atoms with Gasteiger partial charge in [0, 0.05) is 13.1 Å². The molecule has 6 nitrogen and oxygen atoms in total. The number of anilines is 2.